The van der Waals surface area contributed by atoms with Crippen LogP contribution in [-0.2, 0) is 11.2 Å². The molecule has 1 aromatic heterocycles. The number of carbonyl (C=O) groups excluding carboxylic acids is 1. The van der Waals surface area contributed by atoms with E-state index < -0.39 is 0 Å². The highest BCUT2D eigenvalue weighted by molar-refractivity contribution is 5.98. The predicted molar refractivity (Wildman–Crippen MR) is 35.4 cm³/mol. The van der Waals surface area contributed by atoms with Crippen molar-refractivity contribution in [1.29, 1.82) is 0 Å². The van der Waals surface area contributed by atoms with Crippen molar-refractivity contribution in [2.24, 2.45) is 0 Å². The van der Waals surface area contributed by atoms with Crippen molar-refractivity contribution in [2.75, 3.05) is 5.32 Å². The minimum absolute atomic E-state index is 0.0383. The summed E-state index contributed by atoms with van der Waals surface area (Å²) >= 11 is 0. The molecule has 1 aromatic rings. The maximum absolute atomic E-state index is 10.7. The van der Waals surface area contributed by atoms with E-state index in [9.17, 15) is 4.79 Å². The van der Waals surface area contributed by atoms with E-state index in [0.717, 1.165) is 11.3 Å². The third-order valence-corrected chi connectivity index (χ3v) is 1.48. The number of amides is 1. The van der Waals surface area contributed by atoms with Crippen molar-refractivity contribution < 1.29 is 4.79 Å². The molecule has 3 heteroatoms. The highest BCUT2D eigenvalue weighted by atomic mass is 16.1. The quantitative estimate of drug-likeness (QED) is 0.555. The highest BCUT2D eigenvalue weighted by Crippen LogP contribution is 2.19. The lowest BCUT2D eigenvalue weighted by molar-refractivity contribution is -0.115. The average molecular weight is 133 g/mol. The van der Waals surface area contributed by atoms with Gasteiger partial charge in [0.05, 0.1) is 24.5 Å². The van der Waals surface area contributed by atoms with Gasteiger partial charge in [0, 0.05) is 0 Å². The Kier molecular flexibility index (Phi) is 0.974. The molecule has 2 rings (SSSR count). The van der Waals surface area contributed by atoms with E-state index in [0.29, 0.717) is 6.42 Å². The van der Waals surface area contributed by atoms with Gasteiger partial charge in [-0.15, -0.1) is 0 Å². The van der Waals surface area contributed by atoms with E-state index >= 15 is 0 Å². The Bertz CT molecular complexity index is 256. The fourth-order valence-electron chi connectivity index (χ4n) is 1.00. The van der Waals surface area contributed by atoms with Crippen LogP contribution in [0.1, 0.15) is 5.56 Å². The fraction of sp³-hybridized carbons (Fsp3) is 0.143. The van der Waals surface area contributed by atoms with Gasteiger partial charge in [-0.3, -0.25) is 9.78 Å². The fourth-order valence-corrected chi connectivity index (χ4v) is 1.00. The Hall–Kier alpha value is -1.38. The monoisotopic (exact) mass is 133 g/mol. The van der Waals surface area contributed by atoms with Crippen molar-refractivity contribution in [3.63, 3.8) is 0 Å². The van der Waals surface area contributed by atoms with Crippen molar-refractivity contribution in [3.05, 3.63) is 24.0 Å². The molecule has 0 bridgehead atoms. The molecule has 1 radical (unpaired) electrons. The zero-order valence-corrected chi connectivity index (χ0v) is 5.22. The molecule has 10 heavy (non-hydrogen) atoms. The van der Waals surface area contributed by atoms with E-state index in [1.165, 1.54) is 0 Å². The molecule has 2 heterocycles. The molecule has 1 aliphatic heterocycles. The van der Waals surface area contributed by atoms with E-state index in [1.807, 2.05) is 0 Å². The van der Waals surface area contributed by atoms with Crippen LogP contribution >= 0.6 is 0 Å². The average Bonchev–Trinajstić information content (AvgIpc) is 2.27. The van der Waals surface area contributed by atoms with Gasteiger partial charge in [-0.2, -0.15) is 0 Å². The van der Waals surface area contributed by atoms with E-state index in [2.05, 4.69) is 16.5 Å². The summed E-state index contributed by atoms with van der Waals surface area (Å²) in [7, 11) is 0. The van der Waals surface area contributed by atoms with Crippen LogP contribution in [0.2, 0.25) is 0 Å². The molecule has 0 fully saturated rings. The topological polar surface area (TPSA) is 42.0 Å². The van der Waals surface area contributed by atoms with E-state index in [4.69, 9.17) is 0 Å². The smallest absolute Gasteiger partial charge is 0.228 e. The van der Waals surface area contributed by atoms with Gasteiger partial charge in [-0.05, 0) is 11.6 Å². The first-order chi connectivity index (χ1) is 4.86. The molecule has 0 unspecified atom stereocenters. The maximum Gasteiger partial charge on any atom is 0.228 e. The molecule has 3 nitrogen and oxygen atoms in total. The molecule has 1 aliphatic rings. The second-order valence-corrected chi connectivity index (χ2v) is 2.20. The van der Waals surface area contributed by atoms with Crippen molar-refractivity contribution in [3.8, 4) is 0 Å². The number of hydrogen-bond acceptors (Lipinski definition) is 2. The summed E-state index contributed by atoms with van der Waals surface area (Å²) in [5, 5.41) is 2.68. The van der Waals surface area contributed by atoms with Crippen LogP contribution in [0.15, 0.2) is 12.3 Å². The van der Waals surface area contributed by atoms with Crippen LogP contribution in [0, 0.1) is 6.20 Å². The predicted octanol–water partition coefficient (Wildman–Crippen LogP) is 0.376. The molecular formula is C7H5N2O. The number of fused-ring (bicyclic) bond motifs is 1. The molecule has 1 amide bonds. The van der Waals surface area contributed by atoms with Gasteiger partial charge in [0.2, 0.25) is 5.91 Å². The third kappa shape index (κ3) is 0.673. The molecule has 0 aliphatic carbocycles. The molecule has 0 saturated heterocycles. The summed E-state index contributed by atoms with van der Waals surface area (Å²) in [6.07, 6.45) is 4.75. The Balaban J connectivity index is 2.51. The van der Waals surface area contributed by atoms with Crippen LogP contribution in [0.5, 0.6) is 0 Å². The SMILES string of the molecule is O=C1Cc2c[c]ncc2N1. The largest absolute Gasteiger partial charge is 0.324 e. The van der Waals surface area contributed by atoms with Crippen molar-refractivity contribution in [1.82, 2.24) is 4.98 Å². The third-order valence-electron chi connectivity index (χ3n) is 1.48. The van der Waals surface area contributed by atoms with Gasteiger partial charge in [0.1, 0.15) is 0 Å². The Labute approximate surface area is 58.1 Å². The van der Waals surface area contributed by atoms with Crippen molar-refractivity contribution >= 4 is 11.6 Å². The Morgan fingerprint density at radius 3 is 3.40 bits per heavy atom. The van der Waals surface area contributed by atoms with Gasteiger partial charge >= 0.3 is 0 Å². The van der Waals surface area contributed by atoms with E-state index in [1.54, 1.807) is 12.3 Å². The maximum atomic E-state index is 10.7. The van der Waals surface area contributed by atoms with Gasteiger partial charge in [0.15, 0.2) is 0 Å². The van der Waals surface area contributed by atoms with Crippen LogP contribution in [-0.4, -0.2) is 10.9 Å². The molecule has 49 valence electrons. The number of nitrogens with zero attached hydrogens (tertiary/aromatic N) is 1. The first-order valence-electron chi connectivity index (χ1n) is 3.01. The number of anilines is 1. The summed E-state index contributed by atoms with van der Waals surface area (Å²) in [6.45, 7) is 0. The zero-order valence-electron chi connectivity index (χ0n) is 5.22. The molecule has 1 N–H and O–H groups in total. The number of nitrogens with one attached hydrogen (secondary N) is 1. The molecule has 0 atom stereocenters. The molecule has 0 aromatic carbocycles. The second kappa shape index (κ2) is 1.80. The van der Waals surface area contributed by atoms with Crippen LogP contribution in [0.25, 0.3) is 0 Å². The number of rotatable bonds is 0. The first kappa shape index (κ1) is 5.41. The lowest BCUT2D eigenvalue weighted by Gasteiger charge is -1.91. The zero-order chi connectivity index (χ0) is 6.97. The number of aromatic nitrogens is 1. The number of carbonyl (C=O) groups is 1. The minimum atomic E-state index is 0.0383. The summed E-state index contributed by atoms with van der Waals surface area (Å²) < 4.78 is 0. The van der Waals surface area contributed by atoms with Gasteiger partial charge < -0.3 is 5.32 Å². The van der Waals surface area contributed by atoms with Crippen LogP contribution in [0.4, 0.5) is 5.69 Å². The Morgan fingerprint density at radius 2 is 2.60 bits per heavy atom. The number of hydrogen-bond donors (Lipinski definition) is 1. The molecular weight excluding hydrogens is 128 g/mol. The summed E-state index contributed by atoms with van der Waals surface area (Å²) in [5.41, 5.74) is 1.81. The van der Waals surface area contributed by atoms with Gasteiger partial charge in [-0.25, -0.2) is 0 Å². The van der Waals surface area contributed by atoms with Crippen molar-refractivity contribution in [2.45, 2.75) is 6.42 Å². The van der Waals surface area contributed by atoms with Gasteiger partial charge in [0.25, 0.3) is 0 Å². The van der Waals surface area contributed by atoms with Crippen LogP contribution in [0.3, 0.4) is 0 Å². The number of pyridine rings is 1. The Morgan fingerprint density at radius 1 is 1.70 bits per heavy atom. The van der Waals surface area contributed by atoms with E-state index in [-0.39, 0.29) is 5.91 Å². The summed E-state index contributed by atoms with van der Waals surface area (Å²) in [5.74, 6) is 0.0383. The van der Waals surface area contributed by atoms with Gasteiger partial charge in [-0.1, -0.05) is 0 Å². The molecule has 0 spiro atoms. The highest BCUT2D eigenvalue weighted by Gasteiger charge is 2.15. The van der Waals surface area contributed by atoms with Crippen LogP contribution < -0.4 is 5.32 Å². The minimum Gasteiger partial charge on any atom is -0.324 e. The summed E-state index contributed by atoms with van der Waals surface area (Å²) in [6, 6.07) is 1.73. The normalized spacial score (nSPS) is 14.6. The lowest BCUT2D eigenvalue weighted by Crippen LogP contribution is -2.03. The first-order valence-corrected chi connectivity index (χ1v) is 3.01. The molecule has 0 saturated carbocycles. The second-order valence-electron chi connectivity index (χ2n) is 2.20. The summed E-state index contributed by atoms with van der Waals surface area (Å²) in [4.78, 5) is 14.5. The lowest BCUT2D eigenvalue weighted by atomic mass is 10.2. The standard InChI is InChI=1S/C7H5N2O/c10-7-3-5-1-2-8-4-6(5)9-7/h1,4H,3H2,(H,9,10).